The predicted molar refractivity (Wildman–Crippen MR) is 27.4 cm³/mol. The van der Waals surface area contributed by atoms with Gasteiger partial charge in [-0.15, -0.1) is 0 Å². The largest absolute Gasteiger partial charge is 1.00 e. The van der Waals surface area contributed by atoms with Gasteiger partial charge in [-0.2, -0.15) is 12.6 Å². The molecule has 0 heterocycles. The Morgan fingerprint density at radius 1 is 1.27 bits per heavy atom. The van der Waals surface area contributed by atoms with Crippen LogP contribution in [0.15, 0.2) is 0 Å². The summed E-state index contributed by atoms with van der Waals surface area (Å²) >= 11 is 3.38. The Kier molecular flexibility index (Phi) is 20.7. The zero-order valence-corrected chi connectivity index (χ0v) is 19.8. The Balaban J connectivity index is -0.000000320. The first-order chi connectivity index (χ1) is 4.04. The molecule has 0 amide bonds. The molecule has 0 bridgehead atoms. The van der Waals surface area contributed by atoms with E-state index in [4.69, 9.17) is 0 Å². The van der Waals surface area contributed by atoms with Crippen molar-refractivity contribution in [1.82, 2.24) is 0 Å². The minimum Gasteiger partial charge on any atom is -0.550 e. The van der Waals surface area contributed by atoms with Crippen LogP contribution in [-0.4, -0.2) is 17.2 Å². The van der Waals surface area contributed by atoms with Crippen molar-refractivity contribution < 1.29 is 158 Å². The van der Waals surface area contributed by atoms with E-state index in [1.165, 1.54) is 0 Å². The summed E-state index contributed by atoms with van der Waals surface area (Å²) in [5, 5.41) is 18.2. The van der Waals surface area contributed by atoms with Crippen LogP contribution in [0.4, 0.5) is 0 Å². The molecule has 0 N–H and O–H groups in total. The summed E-state index contributed by atoms with van der Waals surface area (Å²) in [5.74, 6) is -2.94. The third-order valence-electron chi connectivity index (χ3n) is 0.632. The van der Waals surface area contributed by atoms with Gasteiger partial charge in [-0.05, 0) is 0 Å². The van der Waals surface area contributed by atoms with Crippen molar-refractivity contribution in [3.8, 4) is 0 Å². The molecule has 0 rings (SSSR count). The molecule has 0 radical (unpaired) electrons. The fourth-order valence-corrected chi connectivity index (χ4v) is 0.390. The van der Waals surface area contributed by atoms with E-state index in [1.54, 1.807) is 0 Å². The van der Waals surface area contributed by atoms with Crippen molar-refractivity contribution in [2.45, 2.75) is 11.7 Å². The maximum absolute atomic E-state index is 9.76. The molecule has 0 aliphatic rings. The molecule has 4 nitrogen and oxygen atoms in total. The van der Waals surface area contributed by atoms with Crippen molar-refractivity contribution in [3.63, 3.8) is 0 Å². The van der Waals surface area contributed by atoms with Gasteiger partial charge in [0, 0.05) is 17.6 Å². The van der Waals surface area contributed by atoms with Crippen LogP contribution in [0.2, 0.25) is 0 Å². The molecule has 0 aromatic heterocycles. The van der Waals surface area contributed by atoms with Crippen LogP contribution in [0.5, 0.6) is 0 Å². The second kappa shape index (κ2) is 11.5. The van der Waals surface area contributed by atoms with Crippen LogP contribution in [-0.2, 0) is 9.59 Å². The molecular formula is C4H4Cs2O4S. The molecule has 0 saturated carbocycles. The number of carbonyl (C=O) groups is 2. The fourth-order valence-electron chi connectivity index (χ4n) is 0.241. The third kappa shape index (κ3) is 13.4. The van der Waals surface area contributed by atoms with Crippen LogP contribution >= 0.6 is 12.6 Å². The Bertz CT molecular complexity index is 140. The van der Waals surface area contributed by atoms with E-state index in [9.17, 15) is 19.8 Å². The molecular weight excluding hydrogens is 410 g/mol. The number of carbonyl (C=O) groups excluding carboxylic acids is 2. The van der Waals surface area contributed by atoms with Crippen LogP contribution in [0.3, 0.4) is 0 Å². The van der Waals surface area contributed by atoms with Gasteiger partial charge in [-0.25, -0.2) is 0 Å². The van der Waals surface area contributed by atoms with Gasteiger partial charge < -0.3 is 19.8 Å². The van der Waals surface area contributed by atoms with E-state index in [0.29, 0.717) is 0 Å². The van der Waals surface area contributed by atoms with E-state index < -0.39 is 23.6 Å². The average molecular weight is 414 g/mol. The summed E-state index contributed by atoms with van der Waals surface area (Å²) in [7, 11) is 0. The fraction of sp³-hybridized carbons (Fsp3) is 0.500. The van der Waals surface area contributed by atoms with Gasteiger partial charge in [0.05, 0.1) is 5.97 Å². The Labute approximate surface area is 188 Å². The summed E-state index contributed by atoms with van der Waals surface area (Å²) < 4.78 is 0. The van der Waals surface area contributed by atoms with Gasteiger partial charge in [0.25, 0.3) is 0 Å². The normalized spacial score (nSPS) is 10.3. The molecule has 0 aromatic rings. The topological polar surface area (TPSA) is 80.3 Å². The molecule has 1 unspecified atom stereocenters. The quantitative estimate of drug-likeness (QED) is 0.466. The average Bonchev–Trinajstić information content (AvgIpc) is 1.63. The minimum absolute atomic E-state index is 0. The molecule has 0 fully saturated rings. The van der Waals surface area contributed by atoms with E-state index >= 15 is 0 Å². The molecule has 52 valence electrons. The second-order valence-corrected chi connectivity index (χ2v) is 2.03. The van der Waals surface area contributed by atoms with Gasteiger partial charge in [0.1, 0.15) is 0 Å². The number of hydrogen-bond donors (Lipinski definition) is 1. The number of hydrogen-bond acceptors (Lipinski definition) is 5. The van der Waals surface area contributed by atoms with Gasteiger partial charge in [-0.1, -0.05) is 0 Å². The van der Waals surface area contributed by atoms with Crippen molar-refractivity contribution in [2.75, 3.05) is 0 Å². The summed E-state index contributed by atoms with van der Waals surface area (Å²) in [4.78, 5) is 19.4. The van der Waals surface area contributed by atoms with Crippen molar-refractivity contribution in [2.24, 2.45) is 0 Å². The van der Waals surface area contributed by atoms with Crippen LogP contribution in [0, 0.1) is 0 Å². The molecule has 1 atom stereocenters. The first-order valence-electron chi connectivity index (χ1n) is 2.13. The van der Waals surface area contributed by atoms with Crippen molar-refractivity contribution in [1.29, 1.82) is 0 Å². The molecule has 0 aromatic carbocycles. The molecule has 0 aliphatic heterocycles. The van der Waals surface area contributed by atoms with Gasteiger partial charge in [-0.3, -0.25) is 0 Å². The van der Waals surface area contributed by atoms with Gasteiger partial charge in [0.2, 0.25) is 0 Å². The smallest absolute Gasteiger partial charge is 0.550 e. The van der Waals surface area contributed by atoms with Gasteiger partial charge >= 0.3 is 138 Å². The molecule has 0 aliphatic carbocycles. The maximum Gasteiger partial charge on any atom is 1.00 e. The van der Waals surface area contributed by atoms with Crippen molar-refractivity contribution in [3.05, 3.63) is 0 Å². The van der Waals surface area contributed by atoms with Crippen LogP contribution in [0.1, 0.15) is 6.42 Å². The molecule has 11 heavy (non-hydrogen) atoms. The first kappa shape index (κ1) is 19.9. The molecule has 7 heteroatoms. The number of carboxylic acid groups (broad SMARTS) is 2. The summed E-state index contributed by atoms with van der Waals surface area (Å²) in [6.45, 7) is 0. The van der Waals surface area contributed by atoms with Crippen LogP contribution in [0.25, 0.3) is 0 Å². The van der Waals surface area contributed by atoms with E-state index in [2.05, 4.69) is 12.6 Å². The summed E-state index contributed by atoms with van der Waals surface area (Å²) in [6.07, 6.45) is -0.620. The zero-order valence-electron chi connectivity index (χ0n) is 6.36. The zero-order chi connectivity index (χ0) is 7.44. The number of carboxylic acids is 2. The van der Waals surface area contributed by atoms with Gasteiger partial charge in [0.15, 0.2) is 0 Å². The van der Waals surface area contributed by atoms with E-state index in [1.807, 2.05) is 0 Å². The SMILES string of the molecule is O=C([O-])CC(S)C(=O)[O-].[Cs+].[Cs+]. The summed E-state index contributed by atoms with van der Waals surface area (Å²) in [6, 6.07) is 0. The third-order valence-corrected chi connectivity index (χ3v) is 1.03. The van der Waals surface area contributed by atoms with E-state index in [0.717, 1.165) is 0 Å². The molecule has 0 spiro atoms. The monoisotopic (exact) mass is 414 g/mol. The first-order valence-corrected chi connectivity index (χ1v) is 2.64. The van der Waals surface area contributed by atoms with Crippen molar-refractivity contribution >= 4 is 24.6 Å². The number of aliphatic carboxylic acids is 2. The van der Waals surface area contributed by atoms with Crippen LogP contribution < -0.4 is 148 Å². The van der Waals surface area contributed by atoms with E-state index in [-0.39, 0.29) is 138 Å². The minimum atomic E-state index is -1.50. The number of thiol groups is 1. The predicted octanol–water partition coefficient (Wildman–Crippen LogP) is -8.82. The standard InChI is InChI=1S/C4H6O4S.2Cs/c5-3(6)1-2(9)4(7)8;;/h2,9H,1H2,(H,5,6)(H,7,8);;/q;2*+1/p-2. The Hall–Kier alpha value is 3.39. The molecule has 0 saturated heterocycles. The maximum atomic E-state index is 9.76. The Morgan fingerprint density at radius 2 is 1.64 bits per heavy atom. The Morgan fingerprint density at radius 3 is 1.73 bits per heavy atom. The second-order valence-electron chi connectivity index (χ2n) is 1.41. The number of rotatable bonds is 3. The summed E-state index contributed by atoms with van der Waals surface area (Å²) in [5.41, 5.74) is 0.